The Morgan fingerprint density at radius 1 is 1.14 bits per heavy atom. The third-order valence-corrected chi connectivity index (χ3v) is 4.93. The van der Waals surface area contributed by atoms with Crippen LogP contribution in [0.25, 0.3) is 0 Å². The Morgan fingerprint density at radius 3 is 2.73 bits per heavy atom. The summed E-state index contributed by atoms with van der Waals surface area (Å²) in [6.07, 6.45) is 0.410. The van der Waals surface area contributed by atoms with E-state index in [1.165, 1.54) is 0 Å². The van der Waals surface area contributed by atoms with E-state index >= 15 is 0 Å². The van der Waals surface area contributed by atoms with Gasteiger partial charge in [0.2, 0.25) is 10.0 Å². The van der Waals surface area contributed by atoms with Crippen LogP contribution >= 0.6 is 0 Å². The van der Waals surface area contributed by atoms with Gasteiger partial charge < -0.3 is 4.74 Å². The van der Waals surface area contributed by atoms with Crippen LogP contribution in [-0.4, -0.2) is 15.0 Å². The van der Waals surface area contributed by atoms with Crippen LogP contribution in [0.4, 0.5) is 8.78 Å². The van der Waals surface area contributed by atoms with Crippen molar-refractivity contribution in [3.05, 3.63) is 59.7 Å². The number of halogens is 2. The van der Waals surface area contributed by atoms with E-state index in [4.69, 9.17) is 4.74 Å². The molecule has 1 N–H and O–H groups in total. The summed E-state index contributed by atoms with van der Waals surface area (Å²) >= 11 is 0. The van der Waals surface area contributed by atoms with Crippen LogP contribution in [0.15, 0.2) is 47.4 Å². The quantitative estimate of drug-likeness (QED) is 0.944. The van der Waals surface area contributed by atoms with Crippen LogP contribution in [0.3, 0.4) is 0 Å². The summed E-state index contributed by atoms with van der Waals surface area (Å²) in [5.41, 5.74) is 0.675. The number of para-hydroxylation sites is 1. The molecule has 1 heterocycles. The lowest BCUT2D eigenvalue weighted by molar-refractivity contribution is 0.263. The Morgan fingerprint density at radius 2 is 1.91 bits per heavy atom. The predicted molar refractivity (Wildman–Crippen MR) is 76.0 cm³/mol. The van der Waals surface area contributed by atoms with Crippen molar-refractivity contribution in [2.75, 3.05) is 6.61 Å². The van der Waals surface area contributed by atoms with E-state index in [1.807, 2.05) is 0 Å². The summed E-state index contributed by atoms with van der Waals surface area (Å²) in [4.78, 5) is -0.698. The fraction of sp³-hybridized carbons (Fsp3) is 0.200. The normalized spacial score (nSPS) is 17.6. The van der Waals surface area contributed by atoms with Crippen molar-refractivity contribution in [1.82, 2.24) is 4.72 Å². The van der Waals surface area contributed by atoms with Crippen molar-refractivity contribution in [1.29, 1.82) is 0 Å². The minimum atomic E-state index is -4.18. The molecule has 0 amide bonds. The molecular formula is C15H13F2NO3S. The van der Waals surface area contributed by atoms with Crippen LogP contribution in [0.5, 0.6) is 5.75 Å². The number of rotatable bonds is 3. The molecule has 0 aromatic heterocycles. The van der Waals surface area contributed by atoms with Gasteiger partial charge in [0.1, 0.15) is 22.3 Å². The number of fused-ring (bicyclic) bond motifs is 1. The third kappa shape index (κ3) is 2.82. The van der Waals surface area contributed by atoms with Crippen LogP contribution in [0.2, 0.25) is 0 Å². The monoisotopic (exact) mass is 325 g/mol. The fourth-order valence-electron chi connectivity index (χ4n) is 2.40. The second kappa shape index (κ2) is 5.66. The number of sulfonamides is 1. The Bertz CT molecular complexity index is 808. The molecule has 22 heavy (non-hydrogen) atoms. The van der Waals surface area contributed by atoms with Gasteiger partial charge in [-0.15, -0.1) is 0 Å². The third-order valence-electron chi connectivity index (χ3n) is 3.44. The molecule has 4 nitrogen and oxygen atoms in total. The largest absolute Gasteiger partial charge is 0.493 e. The van der Waals surface area contributed by atoms with Gasteiger partial charge in [-0.05, 0) is 24.3 Å². The molecule has 2 aromatic rings. The van der Waals surface area contributed by atoms with E-state index in [0.717, 1.165) is 12.1 Å². The van der Waals surface area contributed by atoms with Gasteiger partial charge in [-0.2, -0.15) is 0 Å². The molecule has 0 saturated heterocycles. The molecule has 0 saturated carbocycles. The van der Waals surface area contributed by atoms with Crippen LogP contribution in [-0.2, 0) is 10.0 Å². The highest BCUT2D eigenvalue weighted by Crippen LogP contribution is 2.32. The van der Waals surface area contributed by atoms with Crippen LogP contribution in [0, 0.1) is 11.6 Å². The smallest absolute Gasteiger partial charge is 0.244 e. The van der Waals surface area contributed by atoms with E-state index < -0.39 is 32.6 Å². The lowest BCUT2D eigenvalue weighted by Gasteiger charge is -2.26. The molecule has 7 heteroatoms. The number of benzene rings is 2. The Kier molecular flexibility index (Phi) is 3.84. The average Bonchev–Trinajstić information content (AvgIpc) is 2.50. The summed E-state index contributed by atoms with van der Waals surface area (Å²) in [7, 11) is -4.18. The van der Waals surface area contributed by atoms with E-state index in [9.17, 15) is 17.2 Å². The average molecular weight is 325 g/mol. The van der Waals surface area contributed by atoms with Gasteiger partial charge in [0.25, 0.3) is 0 Å². The summed E-state index contributed by atoms with van der Waals surface area (Å²) < 4.78 is 59.4. The van der Waals surface area contributed by atoms with Gasteiger partial charge in [-0.3, -0.25) is 0 Å². The Hall–Kier alpha value is -1.99. The maximum Gasteiger partial charge on any atom is 0.244 e. The highest BCUT2D eigenvalue weighted by Gasteiger charge is 2.28. The molecule has 1 aliphatic heterocycles. The zero-order valence-electron chi connectivity index (χ0n) is 11.4. The molecular weight excluding hydrogens is 312 g/mol. The molecule has 116 valence electrons. The maximum atomic E-state index is 13.7. The molecule has 0 aliphatic carbocycles. The molecule has 2 aromatic carbocycles. The molecule has 0 spiro atoms. The minimum Gasteiger partial charge on any atom is -0.493 e. The van der Waals surface area contributed by atoms with Gasteiger partial charge in [0.05, 0.1) is 12.6 Å². The van der Waals surface area contributed by atoms with Crippen LogP contribution in [0.1, 0.15) is 18.0 Å². The summed E-state index contributed by atoms with van der Waals surface area (Å²) in [5.74, 6) is -1.22. The topological polar surface area (TPSA) is 55.4 Å². The standard InChI is InChI=1S/C15H13F2NO3S/c16-10-5-6-12(17)15(9-10)22(19,20)18-13-7-8-21-14-4-2-1-3-11(13)14/h1-6,9,13,18H,7-8H2. The van der Waals surface area contributed by atoms with E-state index in [2.05, 4.69) is 4.72 Å². The Labute approximate surface area is 126 Å². The highest BCUT2D eigenvalue weighted by molar-refractivity contribution is 7.89. The zero-order chi connectivity index (χ0) is 15.7. The molecule has 3 rings (SSSR count). The van der Waals surface area contributed by atoms with Gasteiger partial charge >= 0.3 is 0 Å². The van der Waals surface area contributed by atoms with E-state index in [1.54, 1.807) is 24.3 Å². The van der Waals surface area contributed by atoms with Crippen molar-refractivity contribution in [2.24, 2.45) is 0 Å². The zero-order valence-corrected chi connectivity index (χ0v) is 12.2. The first-order chi connectivity index (χ1) is 10.5. The van der Waals surface area contributed by atoms with Crippen molar-refractivity contribution >= 4 is 10.0 Å². The highest BCUT2D eigenvalue weighted by atomic mass is 32.2. The van der Waals surface area contributed by atoms with E-state index in [0.29, 0.717) is 30.4 Å². The maximum absolute atomic E-state index is 13.7. The number of ether oxygens (including phenoxy) is 1. The fourth-order valence-corrected chi connectivity index (χ4v) is 3.74. The summed E-state index contributed by atoms with van der Waals surface area (Å²) in [6.45, 7) is 0.343. The van der Waals surface area contributed by atoms with Gasteiger partial charge in [0.15, 0.2) is 0 Å². The van der Waals surface area contributed by atoms with Crippen molar-refractivity contribution in [2.45, 2.75) is 17.4 Å². The number of nitrogens with one attached hydrogen (secondary N) is 1. The SMILES string of the molecule is O=S(=O)(NC1CCOc2ccccc21)c1cc(F)ccc1F. The molecule has 1 aliphatic rings. The first-order valence-electron chi connectivity index (χ1n) is 6.66. The summed E-state index contributed by atoms with van der Waals surface area (Å²) in [5, 5.41) is 0. The minimum absolute atomic E-state index is 0.343. The second-order valence-electron chi connectivity index (χ2n) is 4.92. The lowest BCUT2D eigenvalue weighted by atomic mass is 10.0. The second-order valence-corrected chi connectivity index (χ2v) is 6.61. The number of hydrogen-bond donors (Lipinski definition) is 1. The molecule has 0 radical (unpaired) electrons. The van der Waals surface area contributed by atoms with Crippen molar-refractivity contribution in [3.63, 3.8) is 0 Å². The van der Waals surface area contributed by atoms with E-state index in [-0.39, 0.29) is 0 Å². The molecule has 1 unspecified atom stereocenters. The molecule has 0 fully saturated rings. The summed E-state index contributed by atoms with van der Waals surface area (Å²) in [6, 6.07) is 8.81. The van der Waals surface area contributed by atoms with Crippen molar-refractivity contribution < 1.29 is 21.9 Å². The first kappa shape index (κ1) is 14.9. The van der Waals surface area contributed by atoms with Gasteiger partial charge in [-0.1, -0.05) is 18.2 Å². The van der Waals surface area contributed by atoms with Gasteiger partial charge in [-0.25, -0.2) is 21.9 Å². The van der Waals surface area contributed by atoms with Gasteiger partial charge in [0, 0.05) is 12.0 Å². The van der Waals surface area contributed by atoms with Crippen LogP contribution < -0.4 is 9.46 Å². The molecule has 0 bridgehead atoms. The number of hydrogen-bond acceptors (Lipinski definition) is 3. The predicted octanol–water partition coefficient (Wildman–Crippen LogP) is 2.77. The Balaban J connectivity index is 1.95. The first-order valence-corrected chi connectivity index (χ1v) is 8.15. The lowest BCUT2D eigenvalue weighted by Crippen LogP contribution is -2.32. The van der Waals surface area contributed by atoms with Crippen molar-refractivity contribution in [3.8, 4) is 5.75 Å². The molecule has 1 atom stereocenters.